The Morgan fingerprint density at radius 2 is 1.96 bits per heavy atom. The number of amides is 1. The van der Waals surface area contributed by atoms with Crippen LogP contribution in [0.2, 0.25) is 0 Å². The molecule has 6 heteroatoms. The van der Waals surface area contributed by atoms with Gasteiger partial charge in [-0.3, -0.25) is 4.79 Å². The van der Waals surface area contributed by atoms with Gasteiger partial charge in [-0.2, -0.15) is 0 Å². The van der Waals surface area contributed by atoms with Crippen molar-refractivity contribution >= 4 is 17.2 Å². The molecule has 3 heterocycles. The molecule has 1 aromatic carbocycles. The van der Waals surface area contributed by atoms with Crippen LogP contribution in [-0.4, -0.2) is 32.3 Å². The molecule has 1 N–H and O–H groups in total. The van der Waals surface area contributed by atoms with Gasteiger partial charge in [-0.1, -0.05) is 18.2 Å². The molecule has 0 unspecified atom stereocenters. The van der Waals surface area contributed by atoms with Crippen LogP contribution in [-0.2, 0) is 6.42 Å². The molecule has 24 heavy (non-hydrogen) atoms. The van der Waals surface area contributed by atoms with Crippen molar-refractivity contribution < 1.29 is 19.0 Å². The molecule has 2 aliphatic heterocycles. The molecular formula is C18H19NO4S. The predicted molar refractivity (Wildman–Crippen MR) is 91.4 cm³/mol. The molecule has 126 valence electrons. The first-order valence-electron chi connectivity index (χ1n) is 8.17. The van der Waals surface area contributed by atoms with Crippen LogP contribution >= 0.6 is 11.3 Å². The van der Waals surface area contributed by atoms with Crippen molar-refractivity contribution in [2.45, 2.75) is 12.8 Å². The zero-order valence-corrected chi connectivity index (χ0v) is 14.1. The van der Waals surface area contributed by atoms with Crippen molar-refractivity contribution in [1.82, 2.24) is 5.32 Å². The highest BCUT2D eigenvalue weighted by molar-refractivity contribution is 7.12. The molecule has 0 radical (unpaired) electrons. The standard InChI is InChI=1S/C18H19NO4S/c20-18(17-16-15(11-24-17)22-7-8-23-16)19-10-12-5-6-21-14-4-2-1-3-13(14)9-12/h1-4,11-12H,5-10H2,(H,19,20)/t12-/m1/s1. The number of fused-ring (bicyclic) bond motifs is 2. The van der Waals surface area contributed by atoms with E-state index in [1.54, 1.807) is 0 Å². The lowest BCUT2D eigenvalue weighted by Crippen LogP contribution is -2.30. The maximum absolute atomic E-state index is 12.5. The first-order chi connectivity index (χ1) is 11.8. The average Bonchev–Trinajstić information content (AvgIpc) is 2.93. The fraction of sp³-hybridized carbons (Fsp3) is 0.389. The third-order valence-electron chi connectivity index (χ3n) is 4.32. The number of nitrogens with one attached hydrogen (secondary N) is 1. The zero-order valence-electron chi connectivity index (χ0n) is 13.2. The summed E-state index contributed by atoms with van der Waals surface area (Å²) >= 11 is 1.37. The molecule has 1 atom stereocenters. The number of thiophene rings is 1. The molecule has 0 aliphatic carbocycles. The summed E-state index contributed by atoms with van der Waals surface area (Å²) in [6.07, 6.45) is 1.84. The molecule has 5 nitrogen and oxygen atoms in total. The van der Waals surface area contributed by atoms with Gasteiger partial charge < -0.3 is 19.5 Å². The van der Waals surface area contributed by atoms with E-state index in [4.69, 9.17) is 14.2 Å². The minimum atomic E-state index is -0.0924. The predicted octanol–water partition coefficient (Wildman–Crippen LogP) is 2.89. The normalized spacial score (nSPS) is 18.9. The monoisotopic (exact) mass is 345 g/mol. The molecule has 1 amide bonds. The third-order valence-corrected chi connectivity index (χ3v) is 5.26. The number of benzene rings is 1. The second kappa shape index (κ2) is 6.73. The van der Waals surface area contributed by atoms with Crippen molar-refractivity contribution in [3.05, 3.63) is 40.1 Å². The molecular weight excluding hydrogens is 326 g/mol. The molecule has 0 saturated heterocycles. The summed E-state index contributed by atoms with van der Waals surface area (Å²) in [5.41, 5.74) is 1.21. The molecule has 0 fully saturated rings. The van der Waals surface area contributed by atoms with Gasteiger partial charge >= 0.3 is 0 Å². The first-order valence-corrected chi connectivity index (χ1v) is 9.05. The van der Waals surface area contributed by atoms with Gasteiger partial charge in [0.15, 0.2) is 11.5 Å². The summed E-state index contributed by atoms with van der Waals surface area (Å²) in [7, 11) is 0. The molecule has 1 aromatic heterocycles. The van der Waals surface area contributed by atoms with Crippen molar-refractivity contribution in [3.63, 3.8) is 0 Å². The lowest BCUT2D eigenvalue weighted by Gasteiger charge is -2.17. The Balaban J connectivity index is 1.40. The Labute approximate surface area is 144 Å². The number of carbonyl (C=O) groups excluding carboxylic acids is 1. The van der Waals surface area contributed by atoms with Gasteiger partial charge in [0, 0.05) is 11.9 Å². The molecule has 0 spiro atoms. The van der Waals surface area contributed by atoms with Crippen molar-refractivity contribution in [3.8, 4) is 17.2 Å². The molecule has 0 saturated carbocycles. The maximum Gasteiger partial charge on any atom is 0.265 e. The van der Waals surface area contributed by atoms with E-state index >= 15 is 0 Å². The minimum Gasteiger partial charge on any atom is -0.493 e. The zero-order chi connectivity index (χ0) is 16.4. The number of hydrogen-bond acceptors (Lipinski definition) is 5. The van der Waals surface area contributed by atoms with Crippen LogP contribution in [0, 0.1) is 5.92 Å². The van der Waals surface area contributed by atoms with E-state index in [1.165, 1.54) is 16.9 Å². The smallest absolute Gasteiger partial charge is 0.265 e. The van der Waals surface area contributed by atoms with Gasteiger partial charge in [-0.05, 0) is 30.4 Å². The van der Waals surface area contributed by atoms with E-state index in [-0.39, 0.29) is 5.91 Å². The summed E-state index contributed by atoms with van der Waals surface area (Å²) in [4.78, 5) is 13.1. The highest BCUT2D eigenvalue weighted by Gasteiger charge is 2.24. The number of hydrogen-bond donors (Lipinski definition) is 1. The number of ether oxygens (including phenoxy) is 3. The van der Waals surface area contributed by atoms with Crippen molar-refractivity contribution in [2.24, 2.45) is 5.92 Å². The number of carbonyl (C=O) groups is 1. The number of para-hydroxylation sites is 1. The van der Waals surface area contributed by atoms with Gasteiger partial charge in [-0.15, -0.1) is 11.3 Å². The van der Waals surface area contributed by atoms with E-state index in [9.17, 15) is 4.79 Å². The molecule has 2 aliphatic rings. The number of rotatable bonds is 3. The highest BCUT2D eigenvalue weighted by Crippen LogP contribution is 2.39. The Morgan fingerprint density at radius 3 is 2.92 bits per heavy atom. The first kappa shape index (κ1) is 15.3. The summed E-state index contributed by atoms with van der Waals surface area (Å²) in [5.74, 6) is 2.49. The van der Waals surface area contributed by atoms with E-state index in [1.807, 2.05) is 23.6 Å². The van der Waals surface area contributed by atoms with Crippen LogP contribution in [0.5, 0.6) is 17.2 Å². The van der Waals surface area contributed by atoms with E-state index in [0.717, 1.165) is 18.6 Å². The summed E-state index contributed by atoms with van der Waals surface area (Å²) in [6.45, 7) is 2.33. The largest absolute Gasteiger partial charge is 0.493 e. The van der Waals surface area contributed by atoms with Gasteiger partial charge in [0.25, 0.3) is 5.91 Å². The SMILES string of the molecule is O=C(NC[C@@H]1CCOc2ccccc2C1)c1scc2c1OCCO2. The van der Waals surface area contributed by atoms with E-state index in [0.29, 0.717) is 48.7 Å². The van der Waals surface area contributed by atoms with Gasteiger partial charge in [0.1, 0.15) is 23.8 Å². The van der Waals surface area contributed by atoms with Gasteiger partial charge in [0.05, 0.1) is 6.61 Å². The maximum atomic E-state index is 12.5. The fourth-order valence-electron chi connectivity index (χ4n) is 3.07. The molecule has 0 bridgehead atoms. The second-order valence-electron chi connectivity index (χ2n) is 5.98. The average molecular weight is 345 g/mol. The van der Waals surface area contributed by atoms with Crippen LogP contribution in [0.4, 0.5) is 0 Å². The Hall–Kier alpha value is -2.21. The second-order valence-corrected chi connectivity index (χ2v) is 6.86. The Morgan fingerprint density at radius 1 is 1.12 bits per heavy atom. The third kappa shape index (κ3) is 3.06. The van der Waals surface area contributed by atoms with Crippen LogP contribution in [0.25, 0.3) is 0 Å². The Kier molecular flexibility index (Phi) is 4.30. The molecule has 4 rings (SSSR count). The van der Waals surface area contributed by atoms with Gasteiger partial charge in [0.2, 0.25) is 0 Å². The minimum absolute atomic E-state index is 0.0924. The van der Waals surface area contributed by atoms with Crippen molar-refractivity contribution in [1.29, 1.82) is 0 Å². The van der Waals surface area contributed by atoms with Crippen LogP contribution in [0.3, 0.4) is 0 Å². The molecule has 2 aromatic rings. The lowest BCUT2D eigenvalue weighted by atomic mass is 9.97. The lowest BCUT2D eigenvalue weighted by molar-refractivity contribution is 0.0940. The van der Waals surface area contributed by atoms with Gasteiger partial charge in [-0.25, -0.2) is 0 Å². The van der Waals surface area contributed by atoms with E-state index < -0.39 is 0 Å². The Bertz CT molecular complexity index is 742. The summed E-state index contributed by atoms with van der Waals surface area (Å²) < 4.78 is 16.9. The topological polar surface area (TPSA) is 56.8 Å². The highest BCUT2D eigenvalue weighted by atomic mass is 32.1. The summed E-state index contributed by atoms with van der Waals surface area (Å²) in [6, 6.07) is 8.11. The summed E-state index contributed by atoms with van der Waals surface area (Å²) in [5, 5.41) is 4.88. The van der Waals surface area contributed by atoms with Crippen molar-refractivity contribution in [2.75, 3.05) is 26.4 Å². The van der Waals surface area contributed by atoms with Crippen LogP contribution in [0.15, 0.2) is 29.6 Å². The van der Waals surface area contributed by atoms with E-state index in [2.05, 4.69) is 11.4 Å². The quantitative estimate of drug-likeness (QED) is 0.929. The fourth-order valence-corrected chi connectivity index (χ4v) is 3.92. The van der Waals surface area contributed by atoms with Crippen LogP contribution < -0.4 is 19.5 Å². The van der Waals surface area contributed by atoms with Crippen LogP contribution in [0.1, 0.15) is 21.7 Å².